The normalized spacial score (nSPS) is 23.2. The van der Waals surface area contributed by atoms with Crippen LogP contribution >= 0.6 is 0 Å². The molecule has 1 aliphatic heterocycles. The highest BCUT2D eigenvalue weighted by atomic mass is 16.6. The van der Waals surface area contributed by atoms with Gasteiger partial charge in [-0.3, -0.25) is 4.79 Å². The lowest BCUT2D eigenvalue weighted by Crippen LogP contribution is -2.50. The average molecular weight is 535 g/mol. The predicted molar refractivity (Wildman–Crippen MR) is 155 cm³/mol. The molecule has 2 fully saturated rings. The van der Waals surface area contributed by atoms with Crippen LogP contribution in [0, 0.1) is 10.8 Å². The van der Waals surface area contributed by atoms with Crippen molar-refractivity contribution < 1.29 is 28.5 Å². The van der Waals surface area contributed by atoms with E-state index in [-0.39, 0.29) is 5.97 Å². The van der Waals surface area contributed by atoms with Crippen molar-refractivity contribution in [2.45, 2.75) is 39.2 Å². The smallest absolute Gasteiger partial charge is 0.356 e. The van der Waals surface area contributed by atoms with Gasteiger partial charge in [0.2, 0.25) is 5.60 Å². The van der Waals surface area contributed by atoms with Gasteiger partial charge in [0.15, 0.2) is 0 Å². The Kier molecular flexibility index (Phi) is 5.00. The molecule has 0 aromatic heterocycles. The number of methoxy groups -OCH3 is 2. The lowest BCUT2D eigenvalue weighted by Gasteiger charge is -2.34. The minimum absolute atomic E-state index is 0.340. The van der Waals surface area contributed by atoms with Crippen molar-refractivity contribution in [2.24, 2.45) is 10.8 Å². The van der Waals surface area contributed by atoms with Crippen molar-refractivity contribution in [3.8, 4) is 17.2 Å². The molecule has 202 valence electrons. The Morgan fingerprint density at radius 1 is 0.725 bits per heavy atom. The lowest BCUT2D eigenvalue weighted by molar-refractivity contribution is -0.176. The number of hydrogen-bond donors (Lipinski definition) is 0. The Balaban J connectivity index is 1.56. The number of hydrogen-bond acceptors (Lipinski definition) is 6. The minimum Gasteiger partial charge on any atom is -0.496 e. The van der Waals surface area contributed by atoms with E-state index >= 15 is 0 Å². The van der Waals surface area contributed by atoms with E-state index < -0.39 is 22.4 Å². The first-order valence-electron chi connectivity index (χ1n) is 13.5. The summed E-state index contributed by atoms with van der Waals surface area (Å²) in [6, 6.07) is 22.1. The summed E-state index contributed by atoms with van der Waals surface area (Å²) in [6.07, 6.45) is 1.01. The highest BCUT2D eigenvalue weighted by molar-refractivity contribution is 6.30. The van der Waals surface area contributed by atoms with Gasteiger partial charge in [0.25, 0.3) is 0 Å². The molecule has 2 bridgehead atoms. The molecule has 0 radical (unpaired) electrons. The zero-order chi connectivity index (χ0) is 28.0. The first-order valence-corrected chi connectivity index (χ1v) is 13.5. The van der Waals surface area contributed by atoms with Gasteiger partial charge in [0.05, 0.1) is 19.6 Å². The van der Waals surface area contributed by atoms with E-state index in [4.69, 9.17) is 18.9 Å². The first-order chi connectivity index (χ1) is 19.2. The molecule has 0 amide bonds. The van der Waals surface area contributed by atoms with Gasteiger partial charge in [-0.1, -0.05) is 56.3 Å². The van der Waals surface area contributed by atoms with Gasteiger partial charge in [-0.05, 0) is 65.6 Å². The van der Waals surface area contributed by atoms with Gasteiger partial charge in [-0.15, -0.1) is 0 Å². The van der Waals surface area contributed by atoms with Crippen LogP contribution in [0.4, 0.5) is 0 Å². The van der Waals surface area contributed by atoms with Crippen LogP contribution < -0.4 is 14.2 Å². The van der Waals surface area contributed by atoms with Crippen molar-refractivity contribution >= 4 is 55.0 Å². The molecular weight excluding hydrogens is 504 g/mol. The second-order valence-electron chi connectivity index (χ2n) is 11.7. The highest BCUT2D eigenvalue weighted by Gasteiger charge is 2.76. The number of carbonyl (C=O) groups is 2. The van der Waals surface area contributed by atoms with E-state index in [9.17, 15) is 9.59 Å². The Bertz CT molecular complexity index is 1920. The van der Waals surface area contributed by atoms with E-state index in [0.717, 1.165) is 43.1 Å². The van der Waals surface area contributed by atoms with Gasteiger partial charge in [0.1, 0.15) is 17.2 Å². The van der Waals surface area contributed by atoms with Gasteiger partial charge in [-0.25, -0.2) is 4.79 Å². The fourth-order valence-corrected chi connectivity index (χ4v) is 7.07. The van der Waals surface area contributed by atoms with E-state index in [1.54, 1.807) is 26.4 Å². The van der Waals surface area contributed by atoms with Gasteiger partial charge < -0.3 is 18.9 Å². The Hall–Kier alpha value is -4.32. The number of esters is 2. The van der Waals surface area contributed by atoms with Crippen LogP contribution in [0.2, 0.25) is 0 Å². The molecule has 1 aliphatic carbocycles. The van der Waals surface area contributed by atoms with E-state index in [1.165, 1.54) is 0 Å². The molecule has 0 spiro atoms. The number of rotatable bonds is 4. The molecule has 1 saturated heterocycles. The van der Waals surface area contributed by atoms with E-state index in [1.807, 2.05) is 45.0 Å². The molecule has 5 aromatic carbocycles. The summed E-state index contributed by atoms with van der Waals surface area (Å²) < 4.78 is 23.8. The van der Waals surface area contributed by atoms with Crippen molar-refractivity contribution in [2.75, 3.05) is 14.2 Å². The number of carbonyl (C=O) groups excluding carboxylic acids is 2. The molecule has 40 heavy (non-hydrogen) atoms. The fourth-order valence-electron chi connectivity index (χ4n) is 7.07. The van der Waals surface area contributed by atoms with Crippen molar-refractivity contribution in [1.82, 2.24) is 0 Å². The fraction of sp³-hybridized carbons (Fsp3) is 0.294. The highest BCUT2D eigenvalue weighted by Crippen LogP contribution is 2.66. The van der Waals surface area contributed by atoms with Crippen molar-refractivity contribution in [1.29, 1.82) is 0 Å². The van der Waals surface area contributed by atoms with Crippen LogP contribution in [0.5, 0.6) is 17.2 Å². The van der Waals surface area contributed by atoms with E-state index in [2.05, 4.69) is 30.3 Å². The molecule has 5 aromatic rings. The van der Waals surface area contributed by atoms with Crippen LogP contribution in [0.25, 0.3) is 43.1 Å². The molecule has 2 atom stereocenters. The summed E-state index contributed by atoms with van der Waals surface area (Å²) in [5.41, 5.74) is -2.80. The van der Waals surface area contributed by atoms with Gasteiger partial charge >= 0.3 is 11.9 Å². The molecule has 1 heterocycles. The van der Waals surface area contributed by atoms with E-state index in [0.29, 0.717) is 30.1 Å². The maximum absolute atomic E-state index is 14.1. The number of ether oxygens (including phenoxy) is 4. The van der Waals surface area contributed by atoms with Crippen LogP contribution in [-0.2, 0) is 14.3 Å². The topological polar surface area (TPSA) is 71.1 Å². The molecule has 7 rings (SSSR count). The summed E-state index contributed by atoms with van der Waals surface area (Å²) in [6.45, 7) is 5.74. The molecule has 2 aliphatic rings. The molecule has 0 N–H and O–H groups in total. The van der Waals surface area contributed by atoms with Crippen LogP contribution in [0.3, 0.4) is 0 Å². The molecule has 6 heteroatoms. The van der Waals surface area contributed by atoms with Crippen LogP contribution in [0.15, 0.2) is 66.7 Å². The van der Waals surface area contributed by atoms with Crippen LogP contribution in [0.1, 0.15) is 33.6 Å². The SMILES string of the molecule is COc1ccc(OC(=O)[C@@]23CC[C@@](C)(C(=O)O2)C3(C)C)c2c1cc(OC)c1ccc3ccc4ccccc4c3c12. The maximum Gasteiger partial charge on any atom is 0.356 e. The first kappa shape index (κ1) is 24.7. The number of fused-ring (bicyclic) bond motifs is 9. The van der Waals surface area contributed by atoms with Gasteiger partial charge in [-0.2, -0.15) is 0 Å². The Morgan fingerprint density at radius 3 is 2.12 bits per heavy atom. The summed E-state index contributed by atoms with van der Waals surface area (Å²) in [5.74, 6) is 0.817. The molecule has 1 saturated carbocycles. The maximum atomic E-state index is 14.1. The lowest BCUT2D eigenvalue weighted by atomic mass is 9.66. The zero-order valence-corrected chi connectivity index (χ0v) is 23.2. The molecular formula is C34H30O6. The monoisotopic (exact) mass is 534 g/mol. The second-order valence-corrected chi connectivity index (χ2v) is 11.7. The van der Waals surface area contributed by atoms with Gasteiger partial charge in [0, 0.05) is 27.0 Å². The predicted octanol–water partition coefficient (Wildman–Crippen LogP) is 7.34. The third kappa shape index (κ3) is 2.88. The zero-order valence-electron chi connectivity index (χ0n) is 23.2. The Morgan fingerprint density at radius 2 is 1.43 bits per heavy atom. The summed E-state index contributed by atoms with van der Waals surface area (Å²) in [4.78, 5) is 27.0. The van der Waals surface area contributed by atoms with Crippen molar-refractivity contribution in [3.63, 3.8) is 0 Å². The average Bonchev–Trinajstić information content (AvgIpc) is 3.26. The number of benzene rings is 5. The molecule has 0 unspecified atom stereocenters. The second kappa shape index (κ2) is 8.10. The third-order valence-corrected chi connectivity index (χ3v) is 9.92. The Labute approximate surface area is 231 Å². The standard InChI is InChI=1S/C34H30O6/c1-32(2)33(3)16-17-34(32,40-30(33)35)31(36)39-25-15-14-24(37-4)23-18-26(38-5)22-13-12-20-11-10-19-8-6-7-9-21(19)27(20)29(22)28(23)25/h6-15,18H,16-17H2,1-5H3/t33-,34+/m0/s1. The largest absolute Gasteiger partial charge is 0.496 e. The third-order valence-electron chi connectivity index (χ3n) is 9.92. The van der Waals surface area contributed by atoms with Crippen LogP contribution in [-0.4, -0.2) is 31.8 Å². The minimum atomic E-state index is -1.35. The molecule has 6 nitrogen and oxygen atoms in total. The summed E-state index contributed by atoms with van der Waals surface area (Å²) in [5, 5.41) is 7.56. The van der Waals surface area contributed by atoms with Crippen molar-refractivity contribution in [3.05, 3.63) is 66.7 Å². The quantitative estimate of drug-likeness (QED) is 0.136. The summed E-state index contributed by atoms with van der Waals surface area (Å²) >= 11 is 0. The summed E-state index contributed by atoms with van der Waals surface area (Å²) in [7, 11) is 3.27.